The molecule has 2 unspecified atom stereocenters. The van der Waals surface area contributed by atoms with Gasteiger partial charge in [-0.25, -0.2) is 4.39 Å². The lowest BCUT2D eigenvalue weighted by atomic mass is 9.76. The van der Waals surface area contributed by atoms with Crippen molar-refractivity contribution in [3.05, 3.63) is 46.9 Å². The van der Waals surface area contributed by atoms with Crippen LogP contribution in [0.1, 0.15) is 73.4 Å². The average Bonchev–Trinajstić information content (AvgIpc) is 3.07. The van der Waals surface area contributed by atoms with Crippen molar-refractivity contribution in [2.75, 3.05) is 0 Å². The van der Waals surface area contributed by atoms with Crippen LogP contribution in [-0.4, -0.2) is 22.8 Å². The molecule has 3 aliphatic rings. The van der Waals surface area contributed by atoms with Crippen LogP contribution in [0.4, 0.5) is 4.39 Å². The van der Waals surface area contributed by atoms with E-state index in [1.54, 1.807) is 11.0 Å². The van der Waals surface area contributed by atoms with Gasteiger partial charge in [-0.3, -0.25) is 9.59 Å². The van der Waals surface area contributed by atoms with Crippen molar-refractivity contribution in [2.45, 2.75) is 64.5 Å². The standard InChI is InChI=1S/C21H25FN2O2/c1-12-6-7-18(19(25)23-12)24-11-16-14(17-5-4-8-21(17,2)3)9-13(22)10-15(16)20(24)26/h9-10,17-18H,1,4-8,11H2,2-3H3,(H,23,25). The average molecular weight is 356 g/mol. The molecule has 2 atom stereocenters. The maximum Gasteiger partial charge on any atom is 0.255 e. The lowest BCUT2D eigenvalue weighted by Gasteiger charge is -2.31. The zero-order chi connectivity index (χ0) is 18.6. The fraction of sp³-hybridized carbons (Fsp3) is 0.524. The Morgan fingerprint density at radius 3 is 2.69 bits per heavy atom. The number of halogens is 1. The monoisotopic (exact) mass is 356 g/mol. The molecular formula is C21H25FN2O2. The number of amides is 2. The Hall–Kier alpha value is -2.17. The first-order valence-corrected chi connectivity index (χ1v) is 9.40. The van der Waals surface area contributed by atoms with Crippen LogP contribution in [0.5, 0.6) is 0 Å². The molecule has 1 aromatic carbocycles. The highest BCUT2D eigenvalue weighted by molar-refractivity contribution is 6.01. The summed E-state index contributed by atoms with van der Waals surface area (Å²) >= 11 is 0. The van der Waals surface area contributed by atoms with E-state index in [1.165, 1.54) is 6.07 Å². The molecule has 2 heterocycles. The summed E-state index contributed by atoms with van der Waals surface area (Å²) in [6.07, 6.45) is 4.47. The summed E-state index contributed by atoms with van der Waals surface area (Å²) in [6.45, 7) is 8.62. The van der Waals surface area contributed by atoms with Gasteiger partial charge in [0.15, 0.2) is 0 Å². The third kappa shape index (κ3) is 2.65. The molecule has 1 N–H and O–H groups in total. The highest BCUT2D eigenvalue weighted by Gasteiger charge is 2.43. The predicted molar refractivity (Wildman–Crippen MR) is 97.0 cm³/mol. The Kier molecular flexibility index (Phi) is 3.94. The third-order valence-corrected chi connectivity index (χ3v) is 6.40. The van der Waals surface area contributed by atoms with Crippen LogP contribution in [-0.2, 0) is 11.3 Å². The van der Waals surface area contributed by atoms with E-state index in [9.17, 15) is 14.0 Å². The van der Waals surface area contributed by atoms with E-state index < -0.39 is 6.04 Å². The van der Waals surface area contributed by atoms with Gasteiger partial charge in [0, 0.05) is 17.8 Å². The molecule has 26 heavy (non-hydrogen) atoms. The van der Waals surface area contributed by atoms with Crippen molar-refractivity contribution in [2.24, 2.45) is 5.41 Å². The van der Waals surface area contributed by atoms with Crippen LogP contribution < -0.4 is 5.32 Å². The molecule has 1 saturated heterocycles. The summed E-state index contributed by atoms with van der Waals surface area (Å²) in [6, 6.07) is 2.44. The Labute approximate surface area is 153 Å². The lowest BCUT2D eigenvalue weighted by molar-refractivity contribution is -0.126. The summed E-state index contributed by atoms with van der Waals surface area (Å²) in [5.41, 5.74) is 3.08. The van der Waals surface area contributed by atoms with Gasteiger partial charge in [0.1, 0.15) is 11.9 Å². The molecular weight excluding hydrogens is 331 g/mol. The molecule has 2 aliphatic heterocycles. The lowest BCUT2D eigenvalue weighted by Crippen LogP contribution is -2.49. The number of nitrogens with zero attached hydrogens (tertiary/aromatic N) is 1. The fourth-order valence-corrected chi connectivity index (χ4v) is 4.95. The van der Waals surface area contributed by atoms with Crippen LogP contribution >= 0.6 is 0 Å². The van der Waals surface area contributed by atoms with Crippen molar-refractivity contribution in [3.63, 3.8) is 0 Å². The molecule has 4 rings (SSSR count). The van der Waals surface area contributed by atoms with E-state index in [4.69, 9.17) is 0 Å². The molecule has 0 radical (unpaired) electrons. The molecule has 4 nitrogen and oxygen atoms in total. The minimum atomic E-state index is -0.507. The zero-order valence-electron chi connectivity index (χ0n) is 15.4. The molecule has 2 amide bonds. The minimum Gasteiger partial charge on any atom is -0.329 e. The van der Waals surface area contributed by atoms with Gasteiger partial charge in [0.2, 0.25) is 5.91 Å². The van der Waals surface area contributed by atoms with E-state index in [1.807, 2.05) is 0 Å². The van der Waals surface area contributed by atoms with Crippen molar-refractivity contribution >= 4 is 11.8 Å². The van der Waals surface area contributed by atoms with Crippen molar-refractivity contribution in [1.82, 2.24) is 10.2 Å². The third-order valence-electron chi connectivity index (χ3n) is 6.40. The largest absolute Gasteiger partial charge is 0.329 e. The van der Waals surface area contributed by atoms with E-state index in [0.29, 0.717) is 30.6 Å². The second-order valence-corrected chi connectivity index (χ2v) is 8.53. The van der Waals surface area contributed by atoms with Gasteiger partial charge in [0.05, 0.1) is 0 Å². The number of allylic oxidation sites excluding steroid dienone is 1. The zero-order valence-corrected chi connectivity index (χ0v) is 15.4. The fourth-order valence-electron chi connectivity index (χ4n) is 4.95. The number of piperidine rings is 1. The van der Waals surface area contributed by atoms with Crippen LogP contribution in [0.3, 0.4) is 0 Å². The number of hydrogen-bond acceptors (Lipinski definition) is 2. The first-order chi connectivity index (χ1) is 12.3. The van der Waals surface area contributed by atoms with Gasteiger partial charge in [-0.2, -0.15) is 0 Å². The highest BCUT2D eigenvalue weighted by Crippen LogP contribution is 2.51. The van der Waals surface area contributed by atoms with Gasteiger partial charge >= 0.3 is 0 Å². The molecule has 0 bridgehead atoms. The van der Waals surface area contributed by atoms with Crippen LogP contribution in [0.2, 0.25) is 0 Å². The number of fused-ring (bicyclic) bond motifs is 1. The molecule has 1 saturated carbocycles. The molecule has 0 spiro atoms. The highest BCUT2D eigenvalue weighted by atomic mass is 19.1. The Bertz CT molecular complexity index is 814. The molecule has 1 aliphatic carbocycles. The van der Waals surface area contributed by atoms with Crippen LogP contribution in [0.25, 0.3) is 0 Å². The second kappa shape index (κ2) is 5.93. The summed E-state index contributed by atoms with van der Waals surface area (Å²) in [7, 11) is 0. The molecule has 2 fully saturated rings. The van der Waals surface area contributed by atoms with Gasteiger partial charge in [0.25, 0.3) is 5.91 Å². The van der Waals surface area contributed by atoms with Gasteiger partial charge < -0.3 is 10.2 Å². The first-order valence-electron chi connectivity index (χ1n) is 9.40. The molecule has 1 aromatic rings. The summed E-state index contributed by atoms with van der Waals surface area (Å²) in [5, 5.41) is 2.75. The molecule has 138 valence electrons. The van der Waals surface area contributed by atoms with Crippen molar-refractivity contribution < 1.29 is 14.0 Å². The number of carbonyl (C=O) groups is 2. The number of nitrogens with one attached hydrogen (secondary N) is 1. The molecule has 0 aromatic heterocycles. The first kappa shape index (κ1) is 17.3. The van der Waals surface area contributed by atoms with E-state index in [0.717, 1.165) is 30.4 Å². The number of hydrogen-bond donors (Lipinski definition) is 1. The smallest absolute Gasteiger partial charge is 0.255 e. The normalized spacial score (nSPS) is 27.7. The van der Waals surface area contributed by atoms with E-state index >= 15 is 0 Å². The Morgan fingerprint density at radius 1 is 1.27 bits per heavy atom. The number of rotatable bonds is 2. The maximum absolute atomic E-state index is 14.3. The Morgan fingerprint density at radius 2 is 2.04 bits per heavy atom. The van der Waals surface area contributed by atoms with Gasteiger partial charge in [-0.1, -0.05) is 26.8 Å². The topological polar surface area (TPSA) is 49.4 Å². The van der Waals surface area contributed by atoms with E-state index in [2.05, 4.69) is 25.7 Å². The number of benzene rings is 1. The minimum absolute atomic E-state index is 0.0952. The maximum atomic E-state index is 14.3. The Balaban J connectivity index is 1.71. The van der Waals surface area contributed by atoms with Crippen molar-refractivity contribution in [3.8, 4) is 0 Å². The van der Waals surface area contributed by atoms with Crippen LogP contribution in [0.15, 0.2) is 24.4 Å². The SMILES string of the molecule is C=C1CCC(N2Cc3c(cc(F)cc3C3CCCC3(C)C)C2=O)C(=O)N1. The van der Waals surface area contributed by atoms with Gasteiger partial charge in [-0.15, -0.1) is 0 Å². The number of carbonyl (C=O) groups excluding carboxylic acids is 2. The second-order valence-electron chi connectivity index (χ2n) is 8.53. The summed E-state index contributed by atoms with van der Waals surface area (Å²) in [5.74, 6) is -0.535. The predicted octanol–water partition coefficient (Wildman–Crippen LogP) is 3.87. The summed E-state index contributed by atoms with van der Waals surface area (Å²) in [4.78, 5) is 26.9. The van der Waals surface area contributed by atoms with Gasteiger partial charge in [-0.05, 0) is 60.3 Å². The van der Waals surface area contributed by atoms with Crippen LogP contribution in [0, 0.1) is 11.2 Å². The molecule has 5 heteroatoms. The summed E-state index contributed by atoms with van der Waals surface area (Å²) < 4.78 is 14.3. The van der Waals surface area contributed by atoms with E-state index in [-0.39, 0.29) is 29.0 Å². The van der Waals surface area contributed by atoms with Crippen molar-refractivity contribution in [1.29, 1.82) is 0 Å². The quantitative estimate of drug-likeness (QED) is 0.875.